The fourth-order valence-corrected chi connectivity index (χ4v) is 3.83. The maximum absolute atomic E-state index is 13.5. The summed E-state index contributed by atoms with van der Waals surface area (Å²) in [6, 6.07) is 0.762. The van der Waals surface area contributed by atoms with E-state index in [2.05, 4.69) is 10.6 Å². The van der Waals surface area contributed by atoms with Crippen LogP contribution in [0.2, 0.25) is 0 Å². The van der Waals surface area contributed by atoms with E-state index in [0.717, 1.165) is 0 Å². The Hall–Kier alpha value is -4.20. The number of phenols is 1. The molecule has 1 aliphatic rings. The fourth-order valence-electron chi connectivity index (χ4n) is 3.83. The SMILES string of the molecule is NC(=O)CC(N)C(=O)NC(Cc1ccc(O)cc1)C(=O)N1CCCC1C(=O)NC(CC(N)=O)C(=O)O. The first-order valence-electron chi connectivity index (χ1n) is 11.1. The summed E-state index contributed by atoms with van der Waals surface area (Å²) in [5.74, 6) is -5.42. The van der Waals surface area contributed by atoms with Crippen LogP contribution in [0, 0.1) is 0 Å². The van der Waals surface area contributed by atoms with Crippen LogP contribution in [0.3, 0.4) is 0 Å². The number of rotatable bonds is 12. The van der Waals surface area contributed by atoms with Crippen molar-refractivity contribution in [2.24, 2.45) is 17.2 Å². The van der Waals surface area contributed by atoms with Crippen molar-refractivity contribution >= 4 is 35.5 Å². The molecular weight excluding hydrogens is 476 g/mol. The Morgan fingerprint density at radius 1 is 0.972 bits per heavy atom. The van der Waals surface area contributed by atoms with Crippen molar-refractivity contribution in [3.05, 3.63) is 29.8 Å². The number of carboxylic acid groups (broad SMARTS) is 1. The minimum absolute atomic E-state index is 0.00522. The lowest BCUT2D eigenvalue weighted by molar-refractivity contribution is -0.145. The Balaban J connectivity index is 2.24. The van der Waals surface area contributed by atoms with Crippen molar-refractivity contribution in [3.63, 3.8) is 0 Å². The largest absolute Gasteiger partial charge is 0.508 e. The molecule has 0 aliphatic carbocycles. The third kappa shape index (κ3) is 7.94. The Morgan fingerprint density at radius 2 is 1.58 bits per heavy atom. The summed E-state index contributed by atoms with van der Waals surface area (Å²) in [7, 11) is 0. The zero-order valence-corrected chi connectivity index (χ0v) is 19.4. The van der Waals surface area contributed by atoms with E-state index in [-0.39, 0.29) is 25.1 Å². The molecule has 1 saturated heterocycles. The number of phenolic OH excluding ortho intramolecular Hbond substituents is 1. The van der Waals surface area contributed by atoms with Crippen molar-refractivity contribution in [2.75, 3.05) is 6.54 Å². The van der Waals surface area contributed by atoms with Crippen molar-refractivity contribution in [3.8, 4) is 5.75 Å². The summed E-state index contributed by atoms with van der Waals surface area (Å²) < 4.78 is 0. The monoisotopic (exact) mass is 506 g/mol. The Kier molecular flexibility index (Phi) is 9.73. The van der Waals surface area contributed by atoms with Gasteiger partial charge in [-0.1, -0.05) is 12.1 Å². The van der Waals surface area contributed by atoms with Gasteiger partial charge in [0.15, 0.2) is 0 Å². The number of amides is 5. The van der Waals surface area contributed by atoms with Crippen LogP contribution in [-0.2, 0) is 35.2 Å². The van der Waals surface area contributed by atoms with E-state index in [1.165, 1.54) is 17.0 Å². The topological polar surface area (TPSA) is 248 Å². The molecule has 0 aromatic heterocycles. The number of carbonyl (C=O) groups is 6. The fraction of sp³-hybridized carbons (Fsp3) is 0.455. The van der Waals surface area contributed by atoms with Gasteiger partial charge in [-0.15, -0.1) is 0 Å². The first-order chi connectivity index (χ1) is 16.9. The molecular formula is C22H30N6O8. The van der Waals surface area contributed by atoms with Crippen LogP contribution in [-0.4, -0.2) is 81.3 Å². The molecule has 196 valence electrons. The molecule has 14 heteroatoms. The molecule has 4 atom stereocenters. The van der Waals surface area contributed by atoms with Gasteiger partial charge in [0.05, 0.1) is 18.9 Å². The lowest BCUT2D eigenvalue weighted by Crippen LogP contribution is -2.57. The number of likely N-dealkylation sites (tertiary alicyclic amines) is 1. The van der Waals surface area contributed by atoms with Gasteiger partial charge in [0.1, 0.15) is 23.9 Å². The maximum atomic E-state index is 13.5. The third-order valence-electron chi connectivity index (χ3n) is 5.61. The van der Waals surface area contributed by atoms with Crippen LogP contribution < -0.4 is 27.8 Å². The molecule has 0 radical (unpaired) electrons. The summed E-state index contributed by atoms with van der Waals surface area (Å²) in [5.41, 5.74) is 16.4. The minimum Gasteiger partial charge on any atom is -0.508 e. The number of nitrogens with zero attached hydrogens (tertiary/aromatic N) is 1. The number of hydrogen-bond acceptors (Lipinski definition) is 8. The van der Waals surface area contributed by atoms with Gasteiger partial charge < -0.3 is 42.9 Å². The summed E-state index contributed by atoms with van der Waals surface area (Å²) in [6.07, 6.45) is -0.450. The van der Waals surface area contributed by atoms with Gasteiger partial charge in [0.25, 0.3) is 0 Å². The predicted molar refractivity (Wildman–Crippen MR) is 124 cm³/mol. The summed E-state index contributed by atoms with van der Waals surface area (Å²) in [5, 5.41) is 23.5. The summed E-state index contributed by atoms with van der Waals surface area (Å²) in [6.45, 7) is 0.153. The molecule has 0 saturated carbocycles. The molecule has 0 spiro atoms. The highest BCUT2D eigenvalue weighted by atomic mass is 16.4. The quantitative estimate of drug-likeness (QED) is 0.153. The first kappa shape index (κ1) is 28.0. The molecule has 1 aromatic carbocycles. The average Bonchev–Trinajstić information content (AvgIpc) is 3.28. The predicted octanol–water partition coefficient (Wildman–Crippen LogP) is -2.94. The third-order valence-corrected chi connectivity index (χ3v) is 5.61. The van der Waals surface area contributed by atoms with Gasteiger partial charge in [-0.2, -0.15) is 0 Å². The zero-order valence-electron chi connectivity index (χ0n) is 19.4. The van der Waals surface area contributed by atoms with Gasteiger partial charge in [-0.3, -0.25) is 24.0 Å². The lowest BCUT2D eigenvalue weighted by Gasteiger charge is -2.30. The van der Waals surface area contributed by atoms with Crippen molar-refractivity contribution in [1.29, 1.82) is 0 Å². The van der Waals surface area contributed by atoms with Gasteiger partial charge in [-0.05, 0) is 30.5 Å². The van der Waals surface area contributed by atoms with Gasteiger partial charge >= 0.3 is 5.97 Å². The number of primary amides is 2. The van der Waals surface area contributed by atoms with Gasteiger partial charge in [-0.25, -0.2) is 4.79 Å². The number of nitrogens with one attached hydrogen (secondary N) is 2. The number of benzene rings is 1. The first-order valence-corrected chi connectivity index (χ1v) is 11.1. The second-order valence-electron chi connectivity index (χ2n) is 8.47. The molecule has 1 fully saturated rings. The Bertz CT molecular complexity index is 1010. The number of carboxylic acids is 1. The van der Waals surface area contributed by atoms with Crippen molar-refractivity contribution < 1.29 is 39.0 Å². The maximum Gasteiger partial charge on any atom is 0.326 e. The van der Waals surface area contributed by atoms with E-state index in [0.29, 0.717) is 12.0 Å². The number of nitrogens with two attached hydrogens (primary N) is 3. The highest BCUT2D eigenvalue weighted by molar-refractivity contribution is 5.96. The molecule has 1 aliphatic heterocycles. The lowest BCUT2D eigenvalue weighted by atomic mass is 10.0. The van der Waals surface area contributed by atoms with E-state index in [1.54, 1.807) is 12.1 Å². The average molecular weight is 507 g/mol. The number of aromatic hydroxyl groups is 1. The van der Waals surface area contributed by atoms with E-state index < -0.39 is 72.5 Å². The van der Waals surface area contributed by atoms with Crippen LogP contribution in [0.15, 0.2) is 24.3 Å². The van der Waals surface area contributed by atoms with E-state index in [9.17, 15) is 39.0 Å². The summed E-state index contributed by atoms with van der Waals surface area (Å²) >= 11 is 0. The molecule has 1 aromatic rings. The van der Waals surface area contributed by atoms with Gasteiger partial charge in [0, 0.05) is 13.0 Å². The Labute approximate surface area is 206 Å². The van der Waals surface area contributed by atoms with Crippen LogP contribution in [0.1, 0.15) is 31.2 Å². The molecule has 14 nitrogen and oxygen atoms in total. The second kappa shape index (κ2) is 12.5. The zero-order chi connectivity index (χ0) is 27.0. The molecule has 4 unspecified atom stereocenters. The molecule has 5 amide bonds. The van der Waals surface area contributed by atoms with Crippen LogP contribution >= 0.6 is 0 Å². The highest BCUT2D eigenvalue weighted by Crippen LogP contribution is 2.21. The molecule has 10 N–H and O–H groups in total. The standard InChI is InChI=1S/C22H30N6O8/c23-13(9-17(24)30)19(32)26-14(8-11-3-5-12(29)6-4-11)21(34)28-7-1-2-16(28)20(33)27-15(22(35)36)10-18(25)31/h3-6,13-16,29H,1-2,7-10,23H2,(H2,24,30)(H2,25,31)(H,26,32)(H,27,33)(H,35,36). The van der Waals surface area contributed by atoms with E-state index in [1.807, 2.05) is 0 Å². The molecule has 0 bridgehead atoms. The normalized spacial score (nSPS) is 17.5. The number of carbonyl (C=O) groups excluding carboxylic acids is 5. The molecule has 36 heavy (non-hydrogen) atoms. The minimum atomic E-state index is -1.56. The van der Waals surface area contributed by atoms with Crippen molar-refractivity contribution in [1.82, 2.24) is 15.5 Å². The second-order valence-corrected chi connectivity index (χ2v) is 8.47. The Morgan fingerprint density at radius 3 is 2.14 bits per heavy atom. The van der Waals surface area contributed by atoms with Crippen LogP contribution in [0.4, 0.5) is 0 Å². The highest BCUT2D eigenvalue weighted by Gasteiger charge is 2.39. The van der Waals surface area contributed by atoms with E-state index >= 15 is 0 Å². The van der Waals surface area contributed by atoms with Gasteiger partial charge in [0.2, 0.25) is 29.5 Å². The van der Waals surface area contributed by atoms with Crippen molar-refractivity contribution in [2.45, 2.75) is 56.3 Å². The molecule has 2 rings (SSSR count). The number of hydrogen-bond donors (Lipinski definition) is 7. The smallest absolute Gasteiger partial charge is 0.326 e. The van der Waals surface area contributed by atoms with Crippen LogP contribution in [0.5, 0.6) is 5.75 Å². The number of aliphatic carboxylic acids is 1. The van der Waals surface area contributed by atoms with Crippen LogP contribution in [0.25, 0.3) is 0 Å². The van der Waals surface area contributed by atoms with E-state index in [4.69, 9.17) is 17.2 Å². The molecule has 1 heterocycles. The summed E-state index contributed by atoms with van der Waals surface area (Å²) in [4.78, 5) is 73.7.